The van der Waals surface area contributed by atoms with Crippen molar-refractivity contribution in [3.63, 3.8) is 0 Å². The van der Waals surface area contributed by atoms with Gasteiger partial charge in [-0.15, -0.1) is 0 Å². The lowest BCUT2D eigenvalue weighted by Crippen LogP contribution is -2.13. The fraction of sp³-hybridized carbons (Fsp3) is 0.115. The van der Waals surface area contributed by atoms with Crippen molar-refractivity contribution >= 4 is 39.6 Å². The maximum absolute atomic E-state index is 12.6. The standard InChI is InChI=1S/C26H21BrN2O5/c1-2-33-23-13-19(12-20(15-28)25(30)29-21-6-4-3-5-7-21)22(27)14-24(23)34-16-17-8-10-18(11-9-17)26(31)32/h3-14H,2,16H2,1H3,(H,29,30)(H,31,32)/b20-12+. The Morgan fingerprint density at radius 1 is 1.06 bits per heavy atom. The van der Waals surface area contributed by atoms with Crippen molar-refractivity contribution in [1.82, 2.24) is 0 Å². The van der Waals surface area contributed by atoms with Gasteiger partial charge in [0.15, 0.2) is 11.5 Å². The van der Waals surface area contributed by atoms with E-state index in [4.69, 9.17) is 14.6 Å². The van der Waals surface area contributed by atoms with E-state index >= 15 is 0 Å². The van der Waals surface area contributed by atoms with E-state index in [0.29, 0.717) is 33.8 Å². The van der Waals surface area contributed by atoms with Crippen molar-refractivity contribution in [3.05, 3.63) is 93.5 Å². The molecular weight excluding hydrogens is 500 g/mol. The summed E-state index contributed by atoms with van der Waals surface area (Å²) in [7, 11) is 0. The van der Waals surface area contributed by atoms with Crippen LogP contribution in [0.5, 0.6) is 11.5 Å². The van der Waals surface area contributed by atoms with Gasteiger partial charge in [-0.2, -0.15) is 5.26 Å². The zero-order chi connectivity index (χ0) is 24.5. The minimum absolute atomic E-state index is 0.0702. The normalized spacial score (nSPS) is 10.8. The van der Waals surface area contributed by atoms with Crippen molar-refractivity contribution in [1.29, 1.82) is 5.26 Å². The number of para-hydroxylation sites is 1. The molecule has 3 rings (SSSR count). The Morgan fingerprint density at radius 2 is 1.74 bits per heavy atom. The first-order chi connectivity index (χ1) is 16.4. The van der Waals surface area contributed by atoms with Crippen molar-refractivity contribution in [2.75, 3.05) is 11.9 Å². The quantitative estimate of drug-likeness (QED) is 0.278. The van der Waals surface area contributed by atoms with E-state index in [2.05, 4.69) is 21.2 Å². The van der Waals surface area contributed by atoms with Gasteiger partial charge >= 0.3 is 5.97 Å². The van der Waals surface area contributed by atoms with Crippen LogP contribution in [0.3, 0.4) is 0 Å². The zero-order valence-electron chi connectivity index (χ0n) is 18.2. The van der Waals surface area contributed by atoms with E-state index in [0.717, 1.165) is 5.56 Å². The second-order valence-electron chi connectivity index (χ2n) is 7.03. The maximum Gasteiger partial charge on any atom is 0.335 e. The smallest absolute Gasteiger partial charge is 0.335 e. The molecule has 0 heterocycles. The van der Waals surface area contributed by atoms with E-state index in [1.807, 2.05) is 19.1 Å². The number of halogens is 1. The number of nitriles is 1. The van der Waals surface area contributed by atoms with E-state index in [-0.39, 0.29) is 17.7 Å². The average Bonchev–Trinajstić information content (AvgIpc) is 2.84. The summed E-state index contributed by atoms with van der Waals surface area (Å²) in [5.74, 6) is -0.614. The molecule has 0 spiro atoms. The number of hydrogen-bond acceptors (Lipinski definition) is 5. The van der Waals surface area contributed by atoms with Crippen LogP contribution in [0.4, 0.5) is 5.69 Å². The molecule has 0 aliphatic carbocycles. The molecule has 172 valence electrons. The van der Waals surface area contributed by atoms with Crippen LogP contribution in [0.15, 0.2) is 76.8 Å². The van der Waals surface area contributed by atoms with Crippen LogP contribution in [-0.2, 0) is 11.4 Å². The van der Waals surface area contributed by atoms with Crippen molar-refractivity contribution in [2.45, 2.75) is 13.5 Å². The van der Waals surface area contributed by atoms with Crippen LogP contribution in [0.25, 0.3) is 6.08 Å². The Kier molecular flexibility index (Phi) is 8.43. The first kappa shape index (κ1) is 24.6. The summed E-state index contributed by atoms with van der Waals surface area (Å²) in [5.41, 5.74) is 2.07. The van der Waals surface area contributed by atoms with Crippen LogP contribution in [0.2, 0.25) is 0 Å². The van der Waals surface area contributed by atoms with Crippen molar-refractivity contribution in [2.24, 2.45) is 0 Å². The van der Waals surface area contributed by atoms with E-state index in [9.17, 15) is 14.9 Å². The Hall–Kier alpha value is -4.09. The summed E-state index contributed by atoms with van der Waals surface area (Å²) in [6.45, 7) is 2.42. The molecule has 0 saturated heterocycles. The predicted molar refractivity (Wildman–Crippen MR) is 132 cm³/mol. The maximum atomic E-state index is 12.6. The predicted octanol–water partition coefficient (Wildman–Crippen LogP) is 5.67. The number of nitrogens with zero attached hydrogens (tertiary/aromatic N) is 1. The lowest BCUT2D eigenvalue weighted by molar-refractivity contribution is -0.112. The monoisotopic (exact) mass is 520 g/mol. The largest absolute Gasteiger partial charge is 0.490 e. The van der Waals surface area contributed by atoms with Crippen LogP contribution in [0.1, 0.15) is 28.4 Å². The van der Waals surface area contributed by atoms with Crippen molar-refractivity contribution in [3.8, 4) is 17.6 Å². The summed E-state index contributed by atoms with van der Waals surface area (Å²) in [5, 5.41) is 21.2. The van der Waals surface area contributed by atoms with Crippen molar-refractivity contribution < 1.29 is 24.2 Å². The lowest BCUT2D eigenvalue weighted by Gasteiger charge is -2.14. The van der Waals surface area contributed by atoms with Crippen LogP contribution in [-0.4, -0.2) is 23.6 Å². The number of carbonyl (C=O) groups excluding carboxylic acids is 1. The van der Waals surface area contributed by atoms with Gasteiger partial charge < -0.3 is 19.9 Å². The number of aromatic carboxylic acids is 1. The third-order valence-corrected chi connectivity index (χ3v) is 5.34. The second kappa shape index (κ2) is 11.7. The van der Waals surface area contributed by atoms with Gasteiger partial charge in [0.1, 0.15) is 18.2 Å². The molecule has 0 saturated carbocycles. The number of ether oxygens (including phenoxy) is 2. The van der Waals surface area contributed by atoms with E-state index < -0.39 is 11.9 Å². The molecule has 0 bridgehead atoms. The fourth-order valence-electron chi connectivity index (χ4n) is 2.97. The number of benzene rings is 3. The molecular formula is C26H21BrN2O5. The summed E-state index contributed by atoms with van der Waals surface area (Å²) in [6, 6.07) is 20.6. The number of anilines is 1. The van der Waals surface area contributed by atoms with Gasteiger partial charge in [0.05, 0.1) is 12.2 Å². The number of carboxylic acid groups (broad SMARTS) is 1. The SMILES string of the molecule is CCOc1cc(/C=C(\C#N)C(=O)Nc2ccccc2)c(Br)cc1OCc1ccc(C(=O)O)cc1. The van der Waals surface area contributed by atoms with Gasteiger partial charge in [0, 0.05) is 10.2 Å². The number of rotatable bonds is 9. The highest BCUT2D eigenvalue weighted by Crippen LogP contribution is 2.35. The van der Waals surface area contributed by atoms with Crippen LogP contribution >= 0.6 is 15.9 Å². The number of carboxylic acids is 1. The van der Waals surface area contributed by atoms with Gasteiger partial charge in [-0.3, -0.25) is 4.79 Å². The third-order valence-electron chi connectivity index (χ3n) is 4.65. The first-order valence-corrected chi connectivity index (χ1v) is 11.1. The van der Waals surface area contributed by atoms with E-state index in [1.165, 1.54) is 18.2 Å². The molecule has 7 nitrogen and oxygen atoms in total. The molecule has 0 aliphatic heterocycles. The molecule has 0 aromatic heterocycles. The summed E-state index contributed by atoms with van der Waals surface area (Å²) >= 11 is 3.47. The molecule has 0 unspecified atom stereocenters. The zero-order valence-corrected chi connectivity index (χ0v) is 19.8. The average molecular weight is 521 g/mol. The number of carbonyl (C=O) groups is 2. The molecule has 0 atom stereocenters. The van der Waals surface area contributed by atoms with Gasteiger partial charge in [-0.25, -0.2) is 4.79 Å². The topological polar surface area (TPSA) is 109 Å². The Balaban J connectivity index is 1.82. The molecule has 0 fully saturated rings. The minimum atomic E-state index is -0.993. The molecule has 8 heteroatoms. The van der Waals surface area contributed by atoms with Gasteiger partial charge in [0.25, 0.3) is 5.91 Å². The van der Waals surface area contributed by atoms with Crippen LogP contribution < -0.4 is 14.8 Å². The third kappa shape index (κ3) is 6.47. The van der Waals surface area contributed by atoms with Gasteiger partial charge in [-0.1, -0.05) is 46.3 Å². The highest BCUT2D eigenvalue weighted by atomic mass is 79.9. The lowest BCUT2D eigenvalue weighted by atomic mass is 10.1. The number of nitrogens with one attached hydrogen (secondary N) is 1. The van der Waals surface area contributed by atoms with Crippen LogP contribution in [0, 0.1) is 11.3 Å². The first-order valence-electron chi connectivity index (χ1n) is 10.3. The second-order valence-corrected chi connectivity index (χ2v) is 7.89. The molecule has 0 radical (unpaired) electrons. The Morgan fingerprint density at radius 3 is 2.35 bits per heavy atom. The minimum Gasteiger partial charge on any atom is -0.490 e. The molecule has 2 N–H and O–H groups in total. The summed E-state index contributed by atoms with van der Waals surface area (Å²) in [4.78, 5) is 23.6. The molecule has 3 aromatic carbocycles. The van der Waals surface area contributed by atoms with E-state index in [1.54, 1.807) is 48.5 Å². The fourth-order valence-corrected chi connectivity index (χ4v) is 3.41. The summed E-state index contributed by atoms with van der Waals surface area (Å²) < 4.78 is 12.2. The Labute approximate surface area is 205 Å². The highest BCUT2D eigenvalue weighted by molar-refractivity contribution is 9.10. The summed E-state index contributed by atoms with van der Waals surface area (Å²) in [6.07, 6.45) is 1.47. The molecule has 3 aromatic rings. The number of hydrogen-bond donors (Lipinski definition) is 2. The van der Waals surface area contributed by atoms with Gasteiger partial charge in [-0.05, 0) is 60.5 Å². The molecule has 34 heavy (non-hydrogen) atoms. The molecule has 0 aliphatic rings. The highest BCUT2D eigenvalue weighted by Gasteiger charge is 2.14. The number of amides is 1. The Bertz CT molecular complexity index is 1250. The molecule has 1 amide bonds. The van der Waals surface area contributed by atoms with Gasteiger partial charge in [0.2, 0.25) is 0 Å².